The molecule has 0 radical (unpaired) electrons. The third-order valence-electron chi connectivity index (χ3n) is 8.27. The zero-order valence-corrected chi connectivity index (χ0v) is 25.0. The van der Waals surface area contributed by atoms with Gasteiger partial charge in [0.25, 0.3) is 5.91 Å². The summed E-state index contributed by atoms with van der Waals surface area (Å²) in [6.45, 7) is 10.4. The fraction of sp³-hybridized carbons (Fsp3) is 0.606. The number of benzene rings is 2. The summed E-state index contributed by atoms with van der Waals surface area (Å²) < 4.78 is 40.1. The Labute approximate surface area is 244 Å². The summed E-state index contributed by atoms with van der Waals surface area (Å²) in [5, 5.41) is 3.66. The van der Waals surface area contributed by atoms with Crippen molar-refractivity contribution in [1.82, 2.24) is 10.2 Å². The molecule has 2 aromatic carbocycles. The van der Waals surface area contributed by atoms with Crippen LogP contribution >= 0.6 is 0 Å². The molecule has 1 aliphatic heterocycles. The first-order valence-electron chi connectivity index (χ1n) is 15.3. The van der Waals surface area contributed by atoms with E-state index in [0.717, 1.165) is 49.5 Å². The summed E-state index contributed by atoms with van der Waals surface area (Å²) in [5.41, 5.74) is 9.67. The second-order valence-corrected chi connectivity index (χ2v) is 11.9. The van der Waals surface area contributed by atoms with Crippen LogP contribution in [0.25, 0.3) is 0 Å². The Hall–Kier alpha value is -2.39. The van der Waals surface area contributed by atoms with Gasteiger partial charge in [-0.2, -0.15) is 0 Å². The predicted octanol–water partition coefficient (Wildman–Crippen LogP) is 6.06. The molecule has 6 atom stereocenters. The lowest BCUT2D eigenvalue weighted by Gasteiger charge is -2.32. The largest absolute Gasteiger partial charge is 0.343 e. The van der Waals surface area contributed by atoms with Crippen LogP contribution in [0, 0.1) is 24.5 Å². The van der Waals surface area contributed by atoms with Crippen molar-refractivity contribution in [3.63, 3.8) is 0 Å². The monoisotopic (exact) mass is 571 g/mol. The smallest absolute Gasteiger partial charge is 0.253 e. The second-order valence-electron chi connectivity index (χ2n) is 11.9. The molecule has 1 saturated heterocycles. The number of nitrogens with zero attached hydrogens (tertiary/aromatic N) is 1. The van der Waals surface area contributed by atoms with Gasteiger partial charge in [0.2, 0.25) is 0 Å². The van der Waals surface area contributed by atoms with Gasteiger partial charge in [0.1, 0.15) is 17.7 Å². The number of ether oxygens (including phenoxy) is 2. The van der Waals surface area contributed by atoms with E-state index in [2.05, 4.69) is 26.1 Å². The molecule has 6 nitrogen and oxygen atoms in total. The van der Waals surface area contributed by atoms with Crippen LogP contribution in [0.4, 0.5) is 8.78 Å². The van der Waals surface area contributed by atoms with Crippen molar-refractivity contribution in [2.45, 2.75) is 103 Å². The minimum Gasteiger partial charge on any atom is -0.343 e. The number of halogens is 2. The predicted molar refractivity (Wildman–Crippen MR) is 158 cm³/mol. The lowest BCUT2D eigenvalue weighted by atomic mass is 9.86. The van der Waals surface area contributed by atoms with E-state index in [4.69, 9.17) is 15.2 Å². The number of nitrogens with two attached hydrogens (primary N) is 1. The quantitative estimate of drug-likeness (QED) is 0.270. The van der Waals surface area contributed by atoms with Gasteiger partial charge in [-0.1, -0.05) is 39.7 Å². The minimum atomic E-state index is -0.620. The van der Waals surface area contributed by atoms with Crippen LogP contribution in [0.5, 0.6) is 0 Å². The maximum absolute atomic E-state index is 13.9. The Morgan fingerprint density at radius 2 is 1.76 bits per heavy atom. The van der Waals surface area contributed by atoms with Gasteiger partial charge in [-0.3, -0.25) is 4.79 Å². The Bertz CT molecular complexity index is 1140. The summed E-state index contributed by atoms with van der Waals surface area (Å²) >= 11 is 0. The highest BCUT2D eigenvalue weighted by Gasteiger charge is 2.44. The number of epoxide rings is 1. The number of aryl methyl sites for hydroxylation is 1. The van der Waals surface area contributed by atoms with Crippen molar-refractivity contribution in [1.29, 1.82) is 0 Å². The molecule has 0 spiro atoms. The molecule has 226 valence electrons. The molecule has 1 saturated carbocycles. The molecule has 8 heteroatoms. The Kier molecular flexibility index (Phi) is 11.3. The van der Waals surface area contributed by atoms with Crippen LogP contribution in [0.2, 0.25) is 0 Å². The number of nitrogens with one attached hydrogen (secondary N) is 1. The van der Waals surface area contributed by atoms with Gasteiger partial charge in [0, 0.05) is 43.3 Å². The summed E-state index contributed by atoms with van der Waals surface area (Å²) in [6.07, 6.45) is 5.58. The zero-order valence-electron chi connectivity index (χ0n) is 25.0. The number of hydrogen-bond acceptors (Lipinski definition) is 5. The number of carbonyl (C=O) groups is 1. The van der Waals surface area contributed by atoms with Gasteiger partial charge in [-0.15, -0.1) is 0 Å². The average Bonchev–Trinajstić information content (AvgIpc) is 3.69. The number of rotatable bonds is 14. The van der Waals surface area contributed by atoms with Gasteiger partial charge in [-0.05, 0) is 85.9 Å². The normalized spacial score (nSPS) is 23.7. The molecule has 41 heavy (non-hydrogen) atoms. The Balaban J connectivity index is 1.46. The van der Waals surface area contributed by atoms with E-state index in [-0.39, 0.29) is 18.4 Å². The summed E-state index contributed by atoms with van der Waals surface area (Å²) in [4.78, 5) is 15.2. The van der Waals surface area contributed by atoms with Crippen molar-refractivity contribution < 1.29 is 23.0 Å². The molecule has 4 unspecified atom stereocenters. The fourth-order valence-corrected chi connectivity index (χ4v) is 6.07. The highest BCUT2D eigenvalue weighted by Crippen LogP contribution is 2.41. The number of carbonyl (C=O) groups excluding carboxylic acids is 1. The first kappa shape index (κ1) is 31.5. The molecule has 0 bridgehead atoms. The molecule has 2 aromatic rings. The SMILES string of the molecule is CCCN(CCC)C(=O)c1cc(C)cc(C2OC2O[C@H](CNC2CCCCC2C)[C@@H](N)Cc2cc(F)cc(F)c2)c1. The van der Waals surface area contributed by atoms with E-state index in [1.165, 1.54) is 31.4 Å². The zero-order chi connectivity index (χ0) is 29.5. The van der Waals surface area contributed by atoms with E-state index < -0.39 is 30.1 Å². The first-order valence-corrected chi connectivity index (χ1v) is 15.3. The molecule has 2 aliphatic rings. The summed E-state index contributed by atoms with van der Waals surface area (Å²) in [5.74, 6) is -0.646. The fourth-order valence-electron chi connectivity index (χ4n) is 6.07. The van der Waals surface area contributed by atoms with E-state index in [1.54, 1.807) is 0 Å². The topological polar surface area (TPSA) is 80.1 Å². The molecule has 3 N–H and O–H groups in total. The Morgan fingerprint density at radius 3 is 2.41 bits per heavy atom. The van der Waals surface area contributed by atoms with Crippen molar-refractivity contribution in [3.8, 4) is 0 Å². The standard InChI is InChI=1S/C33H47F2N3O3/c1-5-11-38(12-6-2)32(39)25-14-21(3)13-24(18-25)31-33(41-31)40-30(20-37-29-10-8-7-9-22(29)4)28(36)17-23-15-26(34)19-27(35)16-23/h13-16,18-19,22,28-31,33,37H,5-12,17,20,36H2,1-4H3/t22?,28-,29?,30+,31?,33?/m0/s1. The van der Waals surface area contributed by atoms with E-state index in [0.29, 0.717) is 29.6 Å². The Morgan fingerprint density at radius 1 is 1.07 bits per heavy atom. The van der Waals surface area contributed by atoms with E-state index in [9.17, 15) is 13.6 Å². The van der Waals surface area contributed by atoms with Gasteiger partial charge >= 0.3 is 0 Å². The minimum absolute atomic E-state index is 0.0322. The molecule has 0 aromatic heterocycles. The van der Waals surface area contributed by atoms with E-state index in [1.807, 2.05) is 30.0 Å². The summed E-state index contributed by atoms with van der Waals surface area (Å²) in [7, 11) is 0. The van der Waals surface area contributed by atoms with Crippen LogP contribution in [-0.2, 0) is 15.9 Å². The van der Waals surface area contributed by atoms with Crippen molar-refractivity contribution in [2.75, 3.05) is 19.6 Å². The van der Waals surface area contributed by atoms with Crippen LogP contribution < -0.4 is 11.1 Å². The van der Waals surface area contributed by atoms with Gasteiger partial charge in [0.05, 0.1) is 6.10 Å². The number of hydrogen-bond donors (Lipinski definition) is 2. The maximum Gasteiger partial charge on any atom is 0.253 e. The van der Waals surface area contributed by atoms with Crippen molar-refractivity contribution >= 4 is 5.91 Å². The van der Waals surface area contributed by atoms with Crippen molar-refractivity contribution in [3.05, 3.63) is 70.3 Å². The van der Waals surface area contributed by atoms with Crippen LogP contribution in [0.15, 0.2) is 36.4 Å². The van der Waals surface area contributed by atoms with Gasteiger partial charge in [0.15, 0.2) is 6.29 Å². The first-order chi connectivity index (χ1) is 19.7. The van der Waals surface area contributed by atoms with Crippen LogP contribution in [-0.4, -0.2) is 54.9 Å². The molecule has 1 aliphatic carbocycles. The molecule has 2 fully saturated rings. The highest BCUT2D eigenvalue weighted by molar-refractivity contribution is 5.94. The average molecular weight is 572 g/mol. The summed E-state index contributed by atoms with van der Waals surface area (Å²) in [6, 6.07) is 9.24. The highest BCUT2D eigenvalue weighted by atomic mass is 19.1. The molecule has 1 amide bonds. The number of amides is 1. The van der Waals surface area contributed by atoms with Crippen LogP contribution in [0.3, 0.4) is 0 Å². The van der Waals surface area contributed by atoms with Gasteiger partial charge in [-0.25, -0.2) is 8.78 Å². The van der Waals surface area contributed by atoms with Crippen LogP contribution in [0.1, 0.15) is 92.4 Å². The van der Waals surface area contributed by atoms with E-state index >= 15 is 0 Å². The molecule has 4 rings (SSSR count). The molecular weight excluding hydrogens is 524 g/mol. The third-order valence-corrected chi connectivity index (χ3v) is 8.27. The third kappa shape index (κ3) is 8.80. The maximum atomic E-state index is 13.9. The van der Waals surface area contributed by atoms with Crippen molar-refractivity contribution in [2.24, 2.45) is 11.7 Å². The molecule has 1 heterocycles. The molecular formula is C33H47F2N3O3. The second kappa shape index (κ2) is 14.7. The lowest BCUT2D eigenvalue weighted by molar-refractivity contribution is -0.0251. The lowest BCUT2D eigenvalue weighted by Crippen LogP contribution is -2.49. The van der Waals surface area contributed by atoms with Gasteiger partial charge < -0.3 is 25.4 Å².